The number of carbonyl (C=O) groups is 2. The van der Waals surface area contributed by atoms with Gasteiger partial charge in [-0.3, -0.25) is 9.59 Å². The molecule has 18 heavy (non-hydrogen) atoms. The topological polar surface area (TPSA) is 52.7 Å². The van der Waals surface area contributed by atoms with Crippen molar-refractivity contribution in [3.05, 3.63) is 0 Å². The van der Waals surface area contributed by atoms with Gasteiger partial charge in [0.1, 0.15) is 0 Å². The van der Waals surface area contributed by atoms with Crippen LogP contribution in [0.15, 0.2) is 0 Å². The van der Waals surface area contributed by atoms with E-state index in [0.29, 0.717) is 6.54 Å². The van der Waals surface area contributed by atoms with E-state index >= 15 is 0 Å². The minimum absolute atomic E-state index is 0.0728. The maximum absolute atomic E-state index is 12.1. The van der Waals surface area contributed by atoms with Gasteiger partial charge in [0, 0.05) is 19.6 Å². The molecule has 0 aromatic carbocycles. The highest BCUT2D eigenvalue weighted by Gasteiger charge is 2.33. The normalized spacial score (nSPS) is 24.1. The van der Waals surface area contributed by atoms with E-state index in [9.17, 15) is 9.59 Å². The minimum atomic E-state index is -0.0728. The van der Waals surface area contributed by atoms with E-state index in [-0.39, 0.29) is 24.4 Å². The number of rotatable bonds is 5. The van der Waals surface area contributed by atoms with Gasteiger partial charge in [0.25, 0.3) is 0 Å². The largest absolute Gasteiger partial charge is 0.341 e. The number of hydrogen-bond acceptors (Lipinski definition) is 3. The molecule has 0 bridgehead atoms. The molecule has 5 heteroatoms. The van der Waals surface area contributed by atoms with E-state index in [2.05, 4.69) is 12.2 Å². The van der Waals surface area contributed by atoms with Crippen LogP contribution < -0.4 is 5.32 Å². The first-order chi connectivity index (χ1) is 8.72. The number of hydrogen-bond donors (Lipinski definition) is 1. The van der Waals surface area contributed by atoms with Gasteiger partial charge in [-0.1, -0.05) is 6.92 Å². The average Bonchev–Trinajstić information content (AvgIpc) is 2.99. The second kappa shape index (κ2) is 6.18. The molecule has 0 aliphatic carbocycles. The van der Waals surface area contributed by atoms with Gasteiger partial charge < -0.3 is 15.1 Å². The first kappa shape index (κ1) is 13.3. The molecule has 2 rings (SSSR count). The van der Waals surface area contributed by atoms with E-state index in [1.54, 1.807) is 4.90 Å². The Bertz CT molecular complexity index is 313. The van der Waals surface area contributed by atoms with Gasteiger partial charge in [-0.05, 0) is 32.2 Å². The lowest BCUT2D eigenvalue weighted by Crippen LogP contribution is -2.43. The summed E-state index contributed by atoms with van der Waals surface area (Å²) >= 11 is 0. The van der Waals surface area contributed by atoms with Crippen molar-refractivity contribution in [2.24, 2.45) is 0 Å². The molecular formula is C13H23N3O2. The van der Waals surface area contributed by atoms with Crippen LogP contribution in [-0.4, -0.2) is 60.4 Å². The Morgan fingerprint density at radius 2 is 2.06 bits per heavy atom. The Morgan fingerprint density at radius 3 is 2.72 bits per heavy atom. The number of nitrogens with one attached hydrogen (secondary N) is 1. The first-order valence-electron chi connectivity index (χ1n) is 7.02. The Balaban J connectivity index is 1.79. The summed E-state index contributed by atoms with van der Waals surface area (Å²) in [6, 6.07) is -0.0728. The molecule has 2 heterocycles. The van der Waals surface area contributed by atoms with Crippen LogP contribution in [0.2, 0.25) is 0 Å². The van der Waals surface area contributed by atoms with Crippen molar-refractivity contribution in [2.75, 3.05) is 32.7 Å². The third-order valence-electron chi connectivity index (χ3n) is 3.72. The third-order valence-corrected chi connectivity index (χ3v) is 3.72. The maximum Gasteiger partial charge on any atom is 0.242 e. The molecule has 2 aliphatic rings. The highest BCUT2D eigenvalue weighted by Crippen LogP contribution is 2.13. The predicted molar refractivity (Wildman–Crippen MR) is 69.1 cm³/mol. The van der Waals surface area contributed by atoms with Crippen LogP contribution in [0.5, 0.6) is 0 Å². The molecule has 0 spiro atoms. The summed E-state index contributed by atoms with van der Waals surface area (Å²) < 4.78 is 0. The van der Waals surface area contributed by atoms with Gasteiger partial charge in [0.2, 0.25) is 11.8 Å². The highest BCUT2D eigenvalue weighted by atomic mass is 16.2. The minimum Gasteiger partial charge on any atom is -0.341 e. The van der Waals surface area contributed by atoms with E-state index in [0.717, 1.165) is 45.3 Å². The molecule has 2 amide bonds. The quantitative estimate of drug-likeness (QED) is 0.762. The van der Waals surface area contributed by atoms with Crippen LogP contribution in [0, 0.1) is 0 Å². The van der Waals surface area contributed by atoms with E-state index in [4.69, 9.17) is 0 Å². The lowest BCUT2D eigenvalue weighted by molar-refractivity contribution is -0.138. The van der Waals surface area contributed by atoms with Crippen molar-refractivity contribution in [3.8, 4) is 0 Å². The standard InChI is InChI=1S/C13H23N3O2/c1-2-6-14-11-5-9-16(13(11)18)10-12(17)15-7-3-4-8-15/h11,14H,2-10H2,1H3. The maximum atomic E-state index is 12.1. The van der Waals surface area contributed by atoms with E-state index in [1.807, 2.05) is 4.90 Å². The number of nitrogens with zero attached hydrogens (tertiary/aromatic N) is 2. The number of amides is 2. The summed E-state index contributed by atoms with van der Waals surface area (Å²) in [6.45, 7) is 5.64. The highest BCUT2D eigenvalue weighted by molar-refractivity contribution is 5.89. The molecule has 0 saturated carbocycles. The third kappa shape index (κ3) is 3.02. The molecule has 0 aromatic rings. The Labute approximate surface area is 108 Å². The Morgan fingerprint density at radius 1 is 1.33 bits per heavy atom. The van der Waals surface area contributed by atoms with Gasteiger partial charge >= 0.3 is 0 Å². The van der Waals surface area contributed by atoms with Gasteiger partial charge in [-0.2, -0.15) is 0 Å². The molecule has 2 fully saturated rings. The molecule has 5 nitrogen and oxygen atoms in total. The summed E-state index contributed by atoms with van der Waals surface area (Å²) in [4.78, 5) is 27.6. The van der Waals surface area contributed by atoms with Crippen LogP contribution in [0.1, 0.15) is 32.6 Å². The zero-order chi connectivity index (χ0) is 13.0. The molecule has 1 unspecified atom stereocenters. The summed E-state index contributed by atoms with van der Waals surface area (Å²) in [6.07, 6.45) is 4.04. The lowest BCUT2D eigenvalue weighted by atomic mass is 10.2. The van der Waals surface area contributed by atoms with Crippen molar-refractivity contribution in [1.29, 1.82) is 0 Å². The molecular weight excluding hydrogens is 230 g/mol. The van der Waals surface area contributed by atoms with Crippen LogP contribution in [0.25, 0.3) is 0 Å². The molecule has 0 radical (unpaired) electrons. The zero-order valence-corrected chi connectivity index (χ0v) is 11.2. The molecule has 0 aromatic heterocycles. The van der Waals surface area contributed by atoms with Gasteiger partial charge in [-0.15, -0.1) is 0 Å². The van der Waals surface area contributed by atoms with Crippen molar-refractivity contribution >= 4 is 11.8 Å². The van der Waals surface area contributed by atoms with Gasteiger partial charge in [0.15, 0.2) is 0 Å². The lowest BCUT2D eigenvalue weighted by Gasteiger charge is -2.21. The van der Waals surface area contributed by atoms with Crippen molar-refractivity contribution in [3.63, 3.8) is 0 Å². The summed E-state index contributed by atoms with van der Waals surface area (Å²) in [5.74, 6) is 0.202. The fraction of sp³-hybridized carbons (Fsp3) is 0.846. The van der Waals surface area contributed by atoms with Crippen LogP contribution in [0.3, 0.4) is 0 Å². The smallest absolute Gasteiger partial charge is 0.242 e. The molecule has 102 valence electrons. The average molecular weight is 253 g/mol. The van der Waals surface area contributed by atoms with Gasteiger partial charge in [0.05, 0.1) is 12.6 Å². The van der Waals surface area contributed by atoms with Crippen LogP contribution in [-0.2, 0) is 9.59 Å². The summed E-state index contributed by atoms with van der Waals surface area (Å²) in [5, 5.41) is 3.24. The second-order valence-electron chi connectivity index (χ2n) is 5.14. The van der Waals surface area contributed by atoms with E-state index in [1.165, 1.54) is 0 Å². The van der Waals surface area contributed by atoms with Crippen molar-refractivity contribution < 1.29 is 9.59 Å². The molecule has 1 N–H and O–H groups in total. The van der Waals surface area contributed by atoms with Crippen molar-refractivity contribution in [1.82, 2.24) is 15.1 Å². The predicted octanol–water partition coefficient (Wildman–Crippen LogP) is 0.209. The zero-order valence-electron chi connectivity index (χ0n) is 11.2. The molecule has 2 saturated heterocycles. The number of carbonyl (C=O) groups excluding carboxylic acids is 2. The SMILES string of the molecule is CCCNC1CCN(CC(=O)N2CCCC2)C1=O. The Hall–Kier alpha value is -1.10. The van der Waals surface area contributed by atoms with Gasteiger partial charge in [-0.25, -0.2) is 0 Å². The Kier molecular flexibility index (Phi) is 4.58. The molecule has 1 atom stereocenters. The summed E-state index contributed by atoms with van der Waals surface area (Å²) in [5.41, 5.74) is 0. The van der Waals surface area contributed by atoms with Crippen molar-refractivity contribution in [2.45, 2.75) is 38.6 Å². The van der Waals surface area contributed by atoms with E-state index < -0.39 is 0 Å². The second-order valence-corrected chi connectivity index (χ2v) is 5.14. The molecule has 2 aliphatic heterocycles. The van der Waals surface area contributed by atoms with Crippen LogP contribution in [0.4, 0.5) is 0 Å². The number of likely N-dealkylation sites (tertiary alicyclic amines) is 2. The first-order valence-corrected chi connectivity index (χ1v) is 7.02. The monoisotopic (exact) mass is 253 g/mol. The fourth-order valence-corrected chi connectivity index (χ4v) is 2.63. The fourth-order valence-electron chi connectivity index (χ4n) is 2.63. The van der Waals surface area contributed by atoms with Crippen LogP contribution >= 0.6 is 0 Å². The summed E-state index contributed by atoms with van der Waals surface area (Å²) in [7, 11) is 0.